The van der Waals surface area contributed by atoms with Crippen LogP contribution in [0, 0.1) is 5.82 Å². The summed E-state index contributed by atoms with van der Waals surface area (Å²) in [5.41, 5.74) is 1.00. The van der Waals surface area contributed by atoms with Gasteiger partial charge in [-0.2, -0.15) is 0 Å². The average molecular weight is 333 g/mol. The molecule has 0 bridgehead atoms. The fraction of sp³-hybridized carbons (Fsp3) is 0.438. The van der Waals surface area contributed by atoms with E-state index in [0.717, 1.165) is 32.7 Å². The molecule has 8 heteroatoms. The molecule has 1 aliphatic rings. The first kappa shape index (κ1) is 16.4. The monoisotopic (exact) mass is 333 g/mol. The predicted octanol–water partition coefficient (Wildman–Crippen LogP) is 1.03. The van der Waals surface area contributed by atoms with Crippen molar-refractivity contribution in [1.29, 1.82) is 0 Å². The zero-order valence-corrected chi connectivity index (χ0v) is 13.6. The summed E-state index contributed by atoms with van der Waals surface area (Å²) < 4.78 is 20.1. The number of aromatic nitrogens is 3. The van der Waals surface area contributed by atoms with Gasteiger partial charge in [-0.15, -0.1) is 5.10 Å². The molecule has 0 radical (unpaired) electrons. The van der Waals surface area contributed by atoms with Crippen LogP contribution in [0.5, 0.6) is 0 Å². The van der Waals surface area contributed by atoms with Gasteiger partial charge in [0.05, 0.1) is 25.5 Å². The van der Waals surface area contributed by atoms with Crippen LogP contribution in [-0.4, -0.2) is 65.7 Å². The van der Waals surface area contributed by atoms with Crippen LogP contribution in [0.2, 0.25) is 0 Å². The van der Waals surface area contributed by atoms with Crippen LogP contribution >= 0.6 is 0 Å². The molecule has 1 saturated heterocycles. The van der Waals surface area contributed by atoms with Crippen LogP contribution < -0.4 is 4.90 Å². The molecule has 1 fully saturated rings. The molecule has 0 atom stereocenters. The standard InChI is InChI=1S/C16H20FN5O2/c1-24-16(23)15-12-18-19-22(15)11-8-20-6-9-21(10-7-20)14-5-3-2-4-13(14)17/h2-5,12H,6-11H2,1H3. The molecule has 7 nitrogen and oxygen atoms in total. The molecule has 0 saturated carbocycles. The number of para-hydroxylation sites is 1. The van der Waals surface area contributed by atoms with Crippen LogP contribution in [0.3, 0.4) is 0 Å². The van der Waals surface area contributed by atoms with Crippen molar-refractivity contribution in [1.82, 2.24) is 19.9 Å². The highest BCUT2D eigenvalue weighted by molar-refractivity contribution is 5.86. The van der Waals surface area contributed by atoms with E-state index in [1.54, 1.807) is 10.7 Å². The highest BCUT2D eigenvalue weighted by atomic mass is 19.1. The Morgan fingerprint density at radius 1 is 1.21 bits per heavy atom. The second-order valence-electron chi connectivity index (χ2n) is 5.61. The van der Waals surface area contributed by atoms with Crippen LogP contribution in [0.4, 0.5) is 10.1 Å². The third kappa shape index (κ3) is 3.53. The Morgan fingerprint density at radius 3 is 2.67 bits per heavy atom. The number of carbonyl (C=O) groups is 1. The Bertz CT molecular complexity index is 697. The second kappa shape index (κ2) is 7.39. The van der Waals surface area contributed by atoms with Crippen molar-refractivity contribution in [2.24, 2.45) is 0 Å². The summed E-state index contributed by atoms with van der Waals surface area (Å²) >= 11 is 0. The summed E-state index contributed by atoms with van der Waals surface area (Å²) in [4.78, 5) is 15.9. The summed E-state index contributed by atoms with van der Waals surface area (Å²) in [6, 6.07) is 6.85. The van der Waals surface area contributed by atoms with E-state index in [2.05, 4.69) is 20.1 Å². The van der Waals surface area contributed by atoms with Gasteiger partial charge in [0.1, 0.15) is 5.82 Å². The van der Waals surface area contributed by atoms with E-state index in [4.69, 9.17) is 4.74 Å². The largest absolute Gasteiger partial charge is 0.464 e. The molecule has 128 valence electrons. The van der Waals surface area contributed by atoms with E-state index in [1.165, 1.54) is 19.4 Å². The number of piperazine rings is 1. The Hall–Kier alpha value is -2.48. The number of benzene rings is 1. The van der Waals surface area contributed by atoms with E-state index >= 15 is 0 Å². The number of nitrogens with zero attached hydrogens (tertiary/aromatic N) is 5. The highest BCUT2D eigenvalue weighted by Crippen LogP contribution is 2.20. The Kier molecular flexibility index (Phi) is 5.05. The summed E-state index contributed by atoms with van der Waals surface area (Å²) in [6.45, 7) is 4.50. The first-order valence-corrected chi connectivity index (χ1v) is 7.87. The van der Waals surface area contributed by atoms with Crippen molar-refractivity contribution in [3.05, 3.63) is 42.0 Å². The van der Waals surface area contributed by atoms with Crippen molar-refractivity contribution in [2.75, 3.05) is 44.7 Å². The normalized spacial score (nSPS) is 15.5. The van der Waals surface area contributed by atoms with Gasteiger partial charge in [0.25, 0.3) is 0 Å². The lowest BCUT2D eigenvalue weighted by molar-refractivity contribution is 0.0585. The third-order valence-corrected chi connectivity index (χ3v) is 4.21. The summed E-state index contributed by atoms with van der Waals surface area (Å²) in [7, 11) is 1.33. The lowest BCUT2D eigenvalue weighted by Gasteiger charge is -2.36. The zero-order chi connectivity index (χ0) is 16.9. The summed E-state index contributed by atoms with van der Waals surface area (Å²) in [6.07, 6.45) is 1.40. The van der Waals surface area contributed by atoms with Gasteiger partial charge in [-0.05, 0) is 12.1 Å². The van der Waals surface area contributed by atoms with Crippen molar-refractivity contribution in [3.8, 4) is 0 Å². The Morgan fingerprint density at radius 2 is 1.96 bits per heavy atom. The summed E-state index contributed by atoms with van der Waals surface area (Å²) in [5.74, 6) is -0.624. The molecule has 0 amide bonds. The third-order valence-electron chi connectivity index (χ3n) is 4.21. The number of methoxy groups -OCH3 is 1. The number of anilines is 1. The molecule has 2 heterocycles. The van der Waals surface area contributed by atoms with Gasteiger partial charge in [-0.3, -0.25) is 4.90 Å². The summed E-state index contributed by atoms with van der Waals surface area (Å²) in [5, 5.41) is 7.68. The Labute approximate surface area is 139 Å². The Balaban J connectivity index is 1.52. The molecule has 0 unspecified atom stereocenters. The lowest BCUT2D eigenvalue weighted by atomic mass is 10.2. The lowest BCUT2D eigenvalue weighted by Crippen LogP contribution is -2.47. The molecular weight excluding hydrogens is 313 g/mol. The SMILES string of the molecule is COC(=O)c1cnnn1CCN1CCN(c2ccccc2F)CC1. The van der Waals surface area contributed by atoms with Gasteiger partial charge in [0, 0.05) is 32.7 Å². The van der Waals surface area contributed by atoms with Gasteiger partial charge in [0.15, 0.2) is 5.69 Å². The number of ether oxygens (including phenoxy) is 1. The zero-order valence-electron chi connectivity index (χ0n) is 13.6. The molecular formula is C16H20FN5O2. The molecule has 0 N–H and O–H groups in total. The minimum absolute atomic E-state index is 0.184. The van der Waals surface area contributed by atoms with E-state index < -0.39 is 5.97 Å². The highest BCUT2D eigenvalue weighted by Gasteiger charge is 2.20. The topological polar surface area (TPSA) is 63.5 Å². The van der Waals surface area contributed by atoms with Crippen molar-refractivity contribution in [3.63, 3.8) is 0 Å². The number of carbonyl (C=O) groups excluding carboxylic acids is 1. The quantitative estimate of drug-likeness (QED) is 0.762. The molecule has 0 aliphatic carbocycles. The van der Waals surface area contributed by atoms with E-state index in [1.807, 2.05) is 12.1 Å². The van der Waals surface area contributed by atoms with Crippen molar-refractivity contribution >= 4 is 11.7 Å². The van der Waals surface area contributed by atoms with Crippen LogP contribution in [0.1, 0.15) is 10.5 Å². The molecule has 3 rings (SSSR count). The minimum atomic E-state index is -0.440. The van der Waals surface area contributed by atoms with E-state index in [9.17, 15) is 9.18 Å². The fourth-order valence-corrected chi connectivity index (χ4v) is 2.84. The minimum Gasteiger partial charge on any atom is -0.464 e. The number of hydrogen-bond acceptors (Lipinski definition) is 6. The van der Waals surface area contributed by atoms with Crippen LogP contribution in [0.25, 0.3) is 0 Å². The first-order chi connectivity index (χ1) is 11.7. The number of hydrogen-bond donors (Lipinski definition) is 0. The maximum absolute atomic E-state index is 13.8. The van der Waals surface area contributed by atoms with Crippen molar-refractivity contribution in [2.45, 2.75) is 6.54 Å². The van der Waals surface area contributed by atoms with Crippen LogP contribution in [-0.2, 0) is 11.3 Å². The first-order valence-electron chi connectivity index (χ1n) is 7.87. The maximum Gasteiger partial charge on any atom is 0.358 e. The fourth-order valence-electron chi connectivity index (χ4n) is 2.84. The number of halogens is 1. The van der Waals surface area contributed by atoms with E-state index in [0.29, 0.717) is 17.9 Å². The van der Waals surface area contributed by atoms with E-state index in [-0.39, 0.29) is 5.82 Å². The smallest absolute Gasteiger partial charge is 0.358 e. The molecule has 1 aromatic carbocycles. The van der Waals surface area contributed by atoms with Gasteiger partial charge >= 0.3 is 5.97 Å². The molecule has 1 aromatic heterocycles. The van der Waals surface area contributed by atoms with Gasteiger partial charge in [-0.25, -0.2) is 13.9 Å². The second-order valence-corrected chi connectivity index (χ2v) is 5.61. The molecule has 24 heavy (non-hydrogen) atoms. The predicted molar refractivity (Wildman–Crippen MR) is 86.4 cm³/mol. The number of rotatable bonds is 5. The van der Waals surface area contributed by atoms with Gasteiger partial charge < -0.3 is 9.64 Å². The number of esters is 1. The molecule has 1 aliphatic heterocycles. The molecule has 0 spiro atoms. The van der Waals surface area contributed by atoms with Gasteiger partial charge in [0.2, 0.25) is 0 Å². The average Bonchev–Trinajstić information content (AvgIpc) is 3.09. The molecule has 2 aromatic rings. The van der Waals surface area contributed by atoms with Crippen LogP contribution in [0.15, 0.2) is 30.5 Å². The maximum atomic E-state index is 13.8. The van der Waals surface area contributed by atoms with Crippen molar-refractivity contribution < 1.29 is 13.9 Å². The van der Waals surface area contributed by atoms with Gasteiger partial charge in [-0.1, -0.05) is 17.3 Å².